The highest BCUT2D eigenvalue weighted by molar-refractivity contribution is 6.27. The van der Waals surface area contributed by atoms with Gasteiger partial charge in [-0.15, -0.1) is 0 Å². The maximum absolute atomic E-state index is 13.0. The Morgan fingerprint density at radius 1 is 1.10 bits per heavy atom. The minimum Gasteiger partial charge on any atom is -0.378 e. The van der Waals surface area contributed by atoms with Gasteiger partial charge in [-0.05, 0) is 30.3 Å². The maximum Gasteiger partial charge on any atom is 0.254 e. The standard InChI is InChI=1S/C24H21N3O4/c1-15(28)27-21-5-3-2-4-19(21)23(29)22(27)13-17-14-25-20-12-16(6-7-18(17)20)24(30)26-8-10-31-11-9-26/h2-7,12-14,25H,8-11H2,1H3/b22-13-. The number of aromatic amines is 1. The average molecular weight is 415 g/mol. The van der Waals surface area contributed by atoms with E-state index in [9.17, 15) is 14.4 Å². The molecule has 2 aliphatic heterocycles. The van der Waals surface area contributed by atoms with Crippen molar-refractivity contribution in [3.05, 3.63) is 71.0 Å². The minimum atomic E-state index is -0.220. The quantitative estimate of drug-likeness (QED) is 0.652. The van der Waals surface area contributed by atoms with Crippen molar-refractivity contribution >= 4 is 40.3 Å². The molecule has 1 saturated heterocycles. The first-order valence-electron chi connectivity index (χ1n) is 10.2. The number of carbonyl (C=O) groups is 3. The zero-order chi connectivity index (χ0) is 21.5. The zero-order valence-corrected chi connectivity index (χ0v) is 17.1. The summed E-state index contributed by atoms with van der Waals surface area (Å²) in [6.07, 6.45) is 3.52. The molecule has 7 nitrogen and oxygen atoms in total. The molecule has 7 heteroatoms. The number of fused-ring (bicyclic) bond motifs is 2. The number of rotatable bonds is 2. The number of benzene rings is 2. The predicted octanol–water partition coefficient (Wildman–Crippen LogP) is 3.23. The van der Waals surface area contributed by atoms with E-state index in [0.29, 0.717) is 48.8 Å². The van der Waals surface area contributed by atoms with Gasteiger partial charge in [0.05, 0.1) is 24.6 Å². The molecule has 31 heavy (non-hydrogen) atoms. The third kappa shape index (κ3) is 3.23. The summed E-state index contributed by atoms with van der Waals surface area (Å²) in [7, 11) is 0. The topological polar surface area (TPSA) is 82.7 Å². The molecule has 1 aromatic heterocycles. The molecule has 0 spiro atoms. The summed E-state index contributed by atoms with van der Waals surface area (Å²) in [5, 5.41) is 0.873. The molecular formula is C24H21N3O4. The molecule has 2 amide bonds. The van der Waals surface area contributed by atoms with Crippen LogP contribution in [-0.2, 0) is 9.53 Å². The lowest BCUT2D eigenvalue weighted by Crippen LogP contribution is -2.40. The molecule has 5 rings (SSSR count). The molecule has 0 radical (unpaired) electrons. The number of carbonyl (C=O) groups excluding carboxylic acids is 3. The van der Waals surface area contributed by atoms with Crippen molar-refractivity contribution in [1.82, 2.24) is 9.88 Å². The van der Waals surface area contributed by atoms with Crippen LogP contribution < -0.4 is 4.90 Å². The van der Waals surface area contributed by atoms with E-state index in [1.54, 1.807) is 41.4 Å². The number of hydrogen-bond acceptors (Lipinski definition) is 4. The van der Waals surface area contributed by atoms with E-state index >= 15 is 0 Å². The first-order valence-corrected chi connectivity index (χ1v) is 10.2. The Bertz CT molecular complexity index is 1250. The Morgan fingerprint density at radius 3 is 2.65 bits per heavy atom. The molecule has 0 unspecified atom stereocenters. The fourth-order valence-electron chi connectivity index (χ4n) is 4.20. The molecule has 0 saturated carbocycles. The van der Waals surface area contributed by atoms with Gasteiger partial charge in [0.25, 0.3) is 5.91 Å². The van der Waals surface area contributed by atoms with E-state index in [0.717, 1.165) is 16.5 Å². The summed E-state index contributed by atoms with van der Waals surface area (Å²) in [5.74, 6) is -0.425. The summed E-state index contributed by atoms with van der Waals surface area (Å²) in [5.41, 5.74) is 3.62. The monoisotopic (exact) mass is 415 g/mol. The lowest BCUT2D eigenvalue weighted by atomic mass is 10.1. The third-order valence-electron chi connectivity index (χ3n) is 5.73. The van der Waals surface area contributed by atoms with Crippen LogP contribution in [0.4, 0.5) is 5.69 Å². The minimum absolute atomic E-state index is 0.0242. The Balaban J connectivity index is 1.51. The predicted molar refractivity (Wildman–Crippen MR) is 117 cm³/mol. The van der Waals surface area contributed by atoms with Crippen LogP contribution in [0.15, 0.2) is 54.4 Å². The van der Waals surface area contributed by atoms with Crippen LogP contribution in [-0.4, -0.2) is 53.8 Å². The second-order valence-corrected chi connectivity index (χ2v) is 7.64. The number of ketones is 1. The van der Waals surface area contributed by atoms with E-state index in [1.165, 1.54) is 11.8 Å². The second kappa shape index (κ2) is 7.52. The molecule has 2 aliphatic rings. The highest BCUT2D eigenvalue weighted by Crippen LogP contribution is 2.36. The Hall–Kier alpha value is -3.71. The second-order valence-electron chi connectivity index (χ2n) is 7.64. The van der Waals surface area contributed by atoms with E-state index in [1.807, 2.05) is 18.2 Å². The number of anilines is 1. The number of hydrogen-bond donors (Lipinski definition) is 1. The van der Waals surface area contributed by atoms with Crippen molar-refractivity contribution in [2.24, 2.45) is 0 Å². The Morgan fingerprint density at radius 2 is 1.87 bits per heavy atom. The molecule has 0 bridgehead atoms. The number of para-hydroxylation sites is 1. The van der Waals surface area contributed by atoms with Gasteiger partial charge < -0.3 is 14.6 Å². The van der Waals surface area contributed by atoms with Gasteiger partial charge in [0.1, 0.15) is 0 Å². The van der Waals surface area contributed by atoms with Crippen molar-refractivity contribution in [2.75, 3.05) is 31.2 Å². The first kappa shape index (κ1) is 19.3. The summed E-state index contributed by atoms with van der Waals surface area (Å²) in [6.45, 7) is 3.72. The third-order valence-corrected chi connectivity index (χ3v) is 5.73. The molecule has 3 heterocycles. The van der Waals surface area contributed by atoms with Crippen molar-refractivity contribution in [2.45, 2.75) is 6.92 Å². The average Bonchev–Trinajstić information content (AvgIpc) is 3.32. The SMILES string of the molecule is CC(=O)N1/C(=C\c2c[nH]c3cc(C(=O)N4CCOCC4)ccc23)C(=O)c2ccccc21. The smallest absolute Gasteiger partial charge is 0.254 e. The van der Waals surface area contributed by atoms with Crippen LogP contribution in [0.3, 0.4) is 0 Å². The number of Topliss-reactive ketones (excluding diaryl/α,β-unsaturated/α-hetero) is 1. The molecule has 1 N–H and O–H groups in total. The van der Waals surface area contributed by atoms with Gasteiger partial charge in [0.15, 0.2) is 0 Å². The molecule has 156 valence electrons. The molecule has 2 aromatic carbocycles. The van der Waals surface area contributed by atoms with Crippen LogP contribution in [0.1, 0.15) is 33.2 Å². The van der Waals surface area contributed by atoms with E-state index < -0.39 is 0 Å². The van der Waals surface area contributed by atoms with Gasteiger partial charge in [-0.2, -0.15) is 0 Å². The highest BCUT2D eigenvalue weighted by atomic mass is 16.5. The van der Waals surface area contributed by atoms with E-state index in [-0.39, 0.29) is 17.6 Å². The summed E-state index contributed by atoms with van der Waals surface area (Å²) in [6, 6.07) is 12.6. The number of nitrogens with one attached hydrogen (secondary N) is 1. The van der Waals surface area contributed by atoms with Gasteiger partial charge in [0, 0.05) is 53.8 Å². The lowest BCUT2D eigenvalue weighted by Gasteiger charge is -2.26. The van der Waals surface area contributed by atoms with Crippen LogP contribution >= 0.6 is 0 Å². The number of amides is 2. The van der Waals surface area contributed by atoms with Crippen LogP contribution in [0.25, 0.3) is 17.0 Å². The van der Waals surface area contributed by atoms with Gasteiger partial charge in [-0.25, -0.2) is 0 Å². The van der Waals surface area contributed by atoms with Crippen LogP contribution in [0, 0.1) is 0 Å². The Kier molecular flexibility index (Phi) is 4.67. The Labute approximate surface area is 178 Å². The van der Waals surface area contributed by atoms with Crippen molar-refractivity contribution in [3.63, 3.8) is 0 Å². The van der Waals surface area contributed by atoms with Gasteiger partial charge in [-0.3, -0.25) is 19.3 Å². The number of morpholine rings is 1. The molecule has 3 aromatic rings. The van der Waals surface area contributed by atoms with Gasteiger partial charge >= 0.3 is 0 Å². The number of nitrogens with zero attached hydrogens (tertiary/aromatic N) is 2. The molecule has 0 atom stereocenters. The normalized spacial score (nSPS) is 17.5. The fourth-order valence-corrected chi connectivity index (χ4v) is 4.20. The number of ether oxygens (including phenoxy) is 1. The zero-order valence-electron chi connectivity index (χ0n) is 17.1. The highest BCUT2D eigenvalue weighted by Gasteiger charge is 2.34. The number of allylic oxidation sites excluding steroid dienone is 1. The van der Waals surface area contributed by atoms with Crippen molar-refractivity contribution in [3.8, 4) is 0 Å². The fraction of sp³-hybridized carbons (Fsp3) is 0.208. The lowest BCUT2D eigenvalue weighted by molar-refractivity contribution is -0.116. The summed E-state index contributed by atoms with van der Waals surface area (Å²) in [4.78, 5) is 44.5. The van der Waals surface area contributed by atoms with E-state index in [2.05, 4.69) is 4.98 Å². The van der Waals surface area contributed by atoms with Crippen molar-refractivity contribution < 1.29 is 19.1 Å². The summed E-state index contributed by atoms with van der Waals surface area (Å²) < 4.78 is 5.32. The van der Waals surface area contributed by atoms with Gasteiger partial charge in [0.2, 0.25) is 11.7 Å². The molecule has 0 aliphatic carbocycles. The van der Waals surface area contributed by atoms with Crippen LogP contribution in [0.5, 0.6) is 0 Å². The van der Waals surface area contributed by atoms with Crippen molar-refractivity contribution in [1.29, 1.82) is 0 Å². The number of aromatic nitrogens is 1. The first-order chi connectivity index (χ1) is 15.0. The largest absolute Gasteiger partial charge is 0.378 e. The molecule has 1 fully saturated rings. The maximum atomic E-state index is 13.0. The molecular weight excluding hydrogens is 394 g/mol. The van der Waals surface area contributed by atoms with E-state index in [4.69, 9.17) is 4.74 Å². The van der Waals surface area contributed by atoms with Gasteiger partial charge in [-0.1, -0.05) is 18.2 Å². The number of H-pyrrole nitrogens is 1. The summed E-state index contributed by atoms with van der Waals surface area (Å²) >= 11 is 0. The van der Waals surface area contributed by atoms with Crippen LogP contribution in [0.2, 0.25) is 0 Å².